The number of urea groups is 1. The smallest absolute Gasteiger partial charge is 0.320 e. The summed E-state index contributed by atoms with van der Waals surface area (Å²) in [7, 11) is 0. The Hall–Kier alpha value is -0.910. The first-order valence-corrected chi connectivity index (χ1v) is 8.52. The van der Waals surface area contributed by atoms with Gasteiger partial charge in [0.15, 0.2) is 0 Å². The average Bonchev–Trinajstić information content (AvgIpc) is 2.85. The second-order valence-corrected chi connectivity index (χ2v) is 7.06. The number of hydrogen-bond donors (Lipinski definition) is 1. The summed E-state index contributed by atoms with van der Waals surface area (Å²) < 4.78 is 0. The number of carbonyl (C=O) groups is 2. The van der Waals surface area contributed by atoms with Crippen LogP contribution in [0.15, 0.2) is 0 Å². The highest BCUT2D eigenvalue weighted by Crippen LogP contribution is 2.36. The Morgan fingerprint density at radius 2 is 2.15 bits per heavy atom. The molecule has 0 aliphatic carbocycles. The van der Waals surface area contributed by atoms with Gasteiger partial charge in [0.1, 0.15) is 0 Å². The molecule has 2 amide bonds. The van der Waals surface area contributed by atoms with Crippen molar-refractivity contribution in [1.82, 2.24) is 9.80 Å². The zero-order valence-electron chi connectivity index (χ0n) is 12.3. The summed E-state index contributed by atoms with van der Waals surface area (Å²) in [5.74, 6) is 1.19. The molecule has 2 rings (SSSR count). The highest BCUT2D eigenvalue weighted by Gasteiger charge is 2.46. The zero-order valence-corrected chi connectivity index (χ0v) is 13.1. The molecular formula is C14H24N2O3S. The summed E-state index contributed by atoms with van der Waals surface area (Å²) in [5, 5.41) is 9.50. The summed E-state index contributed by atoms with van der Waals surface area (Å²) in [5.41, 5.74) is -0.724. The SMILES string of the molecule is CCCC1(C(=O)O)CCN(C(=O)N2CCSCC2C)C1. The van der Waals surface area contributed by atoms with Crippen molar-refractivity contribution in [2.75, 3.05) is 31.1 Å². The van der Waals surface area contributed by atoms with Crippen molar-refractivity contribution in [2.24, 2.45) is 5.41 Å². The van der Waals surface area contributed by atoms with E-state index in [0.29, 0.717) is 25.9 Å². The van der Waals surface area contributed by atoms with Gasteiger partial charge in [0, 0.05) is 37.2 Å². The van der Waals surface area contributed by atoms with Gasteiger partial charge < -0.3 is 14.9 Å². The number of nitrogens with zero attached hydrogens (tertiary/aromatic N) is 2. The quantitative estimate of drug-likeness (QED) is 0.867. The van der Waals surface area contributed by atoms with Crippen molar-refractivity contribution in [3.63, 3.8) is 0 Å². The zero-order chi connectivity index (χ0) is 14.8. The van der Waals surface area contributed by atoms with Gasteiger partial charge in [0.25, 0.3) is 0 Å². The van der Waals surface area contributed by atoms with Gasteiger partial charge in [-0.1, -0.05) is 13.3 Å². The maximum atomic E-state index is 12.6. The Morgan fingerprint density at radius 1 is 1.40 bits per heavy atom. The standard InChI is InChI=1S/C14H24N2O3S/c1-3-4-14(12(17)18)5-6-15(10-14)13(19)16-7-8-20-9-11(16)2/h11H,3-10H2,1-2H3,(H,17,18). The van der Waals surface area contributed by atoms with E-state index in [1.165, 1.54) is 0 Å². The lowest BCUT2D eigenvalue weighted by molar-refractivity contribution is -0.148. The van der Waals surface area contributed by atoms with Gasteiger partial charge in [-0.05, 0) is 19.8 Å². The predicted octanol–water partition coefficient (Wildman–Crippen LogP) is 2.12. The Morgan fingerprint density at radius 3 is 2.75 bits per heavy atom. The topological polar surface area (TPSA) is 60.9 Å². The summed E-state index contributed by atoms with van der Waals surface area (Å²) in [6.07, 6.45) is 2.07. The predicted molar refractivity (Wildman–Crippen MR) is 80.1 cm³/mol. The first-order chi connectivity index (χ1) is 9.50. The van der Waals surface area contributed by atoms with Crippen molar-refractivity contribution in [2.45, 2.75) is 39.2 Å². The van der Waals surface area contributed by atoms with Crippen LogP contribution in [0, 0.1) is 5.41 Å². The summed E-state index contributed by atoms with van der Waals surface area (Å²) in [6, 6.07) is 0.268. The fourth-order valence-corrected chi connectivity index (χ4v) is 4.21. The van der Waals surface area contributed by atoms with Crippen LogP contribution < -0.4 is 0 Å². The third-order valence-corrected chi connectivity index (χ3v) is 5.61. The molecule has 2 saturated heterocycles. The molecule has 2 atom stereocenters. The Balaban J connectivity index is 2.04. The van der Waals surface area contributed by atoms with E-state index >= 15 is 0 Å². The molecule has 2 unspecified atom stereocenters. The molecule has 0 aromatic heterocycles. The minimum atomic E-state index is -0.753. The first kappa shape index (κ1) is 15.5. The number of thioether (sulfide) groups is 1. The minimum absolute atomic E-state index is 0.0250. The van der Waals surface area contributed by atoms with Crippen LogP contribution in [0.5, 0.6) is 0 Å². The number of hydrogen-bond acceptors (Lipinski definition) is 3. The van der Waals surface area contributed by atoms with Gasteiger partial charge >= 0.3 is 12.0 Å². The number of carbonyl (C=O) groups excluding carboxylic acids is 1. The largest absolute Gasteiger partial charge is 0.481 e. The maximum absolute atomic E-state index is 12.6. The molecule has 0 spiro atoms. The molecule has 20 heavy (non-hydrogen) atoms. The second kappa shape index (κ2) is 6.24. The van der Waals surface area contributed by atoms with E-state index in [1.54, 1.807) is 4.90 Å². The van der Waals surface area contributed by atoms with E-state index in [0.717, 1.165) is 24.5 Å². The summed E-state index contributed by atoms with van der Waals surface area (Å²) >= 11 is 1.87. The van der Waals surface area contributed by atoms with E-state index in [-0.39, 0.29) is 12.1 Å². The number of rotatable bonds is 3. The molecule has 0 bridgehead atoms. The number of aliphatic carboxylic acids is 1. The van der Waals surface area contributed by atoms with Crippen LogP contribution in [0.2, 0.25) is 0 Å². The number of carboxylic acids is 1. The molecule has 1 N–H and O–H groups in total. The fraction of sp³-hybridized carbons (Fsp3) is 0.857. The van der Waals surface area contributed by atoms with Crippen LogP contribution in [0.3, 0.4) is 0 Å². The fourth-order valence-electron chi connectivity index (χ4n) is 3.19. The molecular weight excluding hydrogens is 276 g/mol. The van der Waals surface area contributed by atoms with E-state index in [4.69, 9.17) is 0 Å². The van der Waals surface area contributed by atoms with Crippen LogP contribution in [0.1, 0.15) is 33.1 Å². The average molecular weight is 300 g/mol. The van der Waals surface area contributed by atoms with Gasteiger partial charge in [-0.25, -0.2) is 4.79 Å². The van der Waals surface area contributed by atoms with E-state index in [9.17, 15) is 14.7 Å². The number of likely N-dealkylation sites (tertiary alicyclic amines) is 1. The van der Waals surface area contributed by atoms with Crippen LogP contribution >= 0.6 is 11.8 Å². The molecule has 0 saturated carbocycles. The highest BCUT2D eigenvalue weighted by atomic mass is 32.2. The van der Waals surface area contributed by atoms with Crippen LogP contribution in [-0.4, -0.2) is 64.1 Å². The van der Waals surface area contributed by atoms with Gasteiger partial charge in [0.2, 0.25) is 0 Å². The minimum Gasteiger partial charge on any atom is -0.481 e. The van der Waals surface area contributed by atoms with Crippen molar-refractivity contribution in [3.05, 3.63) is 0 Å². The summed E-state index contributed by atoms with van der Waals surface area (Å²) in [4.78, 5) is 27.8. The molecule has 6 heteroatoms. The molecule has 2 heterocycles. The molecule has 2 fully saturated rings. The Bertz CT molecular complexity index is 391. The van der Waals surface area contributed by atoms with Crippen molar-refractivity contribution < 1.29 is 14.7 Å². The van der Waals surface area contributed by atoms with Crippen molar-refractivity contribution >= 4 is 23.8 Å². The van der Waals surface area contributed by atoms with Crippen molar-refractivity contribution in [1.29, 1.82) is 0 Å². The molecule has 0 aromatic carbocycles. The highest BCUT2D eigenvalue weighted by molar-refractivity contribution is 7.99. The van der Waals surface area contributed by atoms with Crippen LogP contribution in [0.4, 0.5) is 4.79 Å². The normalized spacial score (nSPS) is 30.6. The third-order valence-electron chi connectivity index (χ3n) is 4.42. The second-order valence-electron chi connectivity index (χ2n) is 5.91. The lowest BCUT2D eigenvalue weighted by Crippen LogP contribution is -2.51. The molecule has 114 valence electrons. The molecule has 2 aliphatic heterocycles. The molecule has 2 aliphatic rings. The van der Waals surface area contributed by atoms with E-state index in [1.807, 2.05) is 23.6 Å². The Labute approximate surface area is 124 Å². The first-order valence-electron chi connectivity index (χ1n) is 7.37. The molecule has 0 aromatic rings. The summed E-state index contributed by atoms with van der Waals surface area (Å²) in [6.45, 7) is 5.78. The van der Waals surface area contributed by atoms with Crippen molar-refractivity contribution in [3.8, 4) is 0 Å². The van der Waals surface area contributed by atoms with Gasteiger partial charge in [-0.15, -0.1) is 0 Å². The van der Waals surface area contributed by atoms with Crippen LogP contribution in [-0.2, 0) is 4.79 Å². The lowest BCUT2D eigenvalue weighted by Gasteiger charge is -2.36. The maximum Gasteiger partial charge on any atom is 0.320 e. The number of amides is 2. The third kappa shape index (κ3) is 2.90. The van der Waals surface area contributed by atoms with Gasteiger partial charge in [0.05, 0.1) is 5.41 Å². The van der Waals surface area contributed by atoms with E-state index < -0.39 is 11.4 Å². The van der Waals surface area contributed by atoms with Crippen LogP contribution in [0.25, 0.3) is 0 Å². The lowest BCUT2D eigenvalue weighted by atomic mass is 9.83. The molecule has 5 nitrogen and oxygen atoms in total. The van der Waals surface area contributed by atoms with Gasteiger partial charge in [-0.3, -0.25) is 4.79 Å². The number of carboxylic acid groups (broad SMARTS) is 1. The Kier molecular flexibility index (Phi) is 4.83. The monoisotopic (exact) mass is 300 g/mol. The van der Waals surface area contributed by atoms with E-state index in [2.05, 4.69) is 6.92 Å². The van der Waals surface area contributed by atoms with Gasteiger partial charge in [-0.2, -0.15) is 11.8 Å². The molecule has 0 radical (unpaired) electrons.